The van der Waals surface area contributed by atoms with Gasteiger partial charge in [0, 0.05) is 0 Å². The van der Waals surface area contributed by atoms with E-state index in [9.17, 15) is 18.0 Å². The number of furan rings is 1. The topological polar surface area (TPSA) is 115 Å². The second-order valence-electron chi connectivity index (χ2n) is 7.30. The minimum Gasteiger partial charge on any atom is -0.467 e. The van der Waals surface area contributed by atoms with Crippen molar-refractivity contribution in [1.82, 2.24) is 5.32 Å². The number of benzene rings is 2. The molecule has 0 unspecified atom stereocenters. The fraction of sp³-hybridized carbons (Fsp3) is 0.217. The summed E-state index contributed by atoms with van der Waals surface area (Å²) < 4.78 is 38.5. The van der Waals surface area contributed by atoms with Gasteiger partial charge in [0.25, 0.3) is 15.9 Å². The molecule has 1 atom stereocenters. The molecule has 168 valence electrons. The van der Waals surface area contributed by atoms with E-state index in [-0.39, 0.29) is 17.0 Å². The molecule has 0 radical (unpaired) electrons. The van der Waals surface area contributed by atoms with Crippen LogP contribution in [0, 0.1) is 13.8 Å². The van der Waals surface area contributed by atoms with Crippen molar-refractivity contribution in [3.05, 3.63) is 83.3 Å². The van der Waals surface area contributed by atoms with Gasteiger partial charge in [0.1, 0.15) is 5.76 Å². The molecule has 2 N–H and O–H groups in total. The number of hydrogen-bond acceptors (Lipinski definition) is 6. The first-order valence-corrected chi connectivity index (χ1v) is 11.4. The van der Waals surface area contributed by atoms with E-state index < -0.39 is 28.0 Å². The van der Waals surface area contributed by atoms with Crippen molar-refractivity contribution in [3.8, 4) is 0 Å². The SMILES string of the molecule is Cc1ccc(NS(=O)(=O)c2cccc(C(=O)O[C@@H](C)C(=O)NCc3ccco3)c2)c(C)c1. The molecule has 0 aliphatic heterocycles. The van der Waals surface area contributed by atoms with E-state index in [4.69, 9.17) is 9.15 Å². The molecule has 3 aromatic rings. The zero-order valence-corrected chi connectivity index (χ0v) is 18.7. The van der Waals surface area contributed by atoms with Gasteiger partial charge in [-0.05, 0) is 62.7 Å². The summed E-state index contributed by atoms with van der Waals surface area (Å²) in [6.07, 6.45) is 0.409. The summed E-state index contributed by atoms with van der Waals surface area (Å²) in [5.74, 6) is -0.754. The van der Waals surface area contributed by atoms with Gasteiger partial charge in [0.05, 0.1) is 29.0 Å². The van der Waals surface area contributed by atoms with Crippen LogP contribution in [0.15, 0.2) is 70.2 Å². The Hall–Kier alpha value is -3.59. The summed E-state index contributed by atoms with van der Waals surface area (Å²) in [6.45, 7) is 5.30. The van der Waals surface area contributed by atoms with Crippen LogP contribution in [0.25, 0.3) is 0 Å². The van der Waals surface area contributed by atoms with Gasteiger partial charge in [-0.2, -0.15) is 0 Å². The van der Waals surface area contributed by atoms with Crippen molar-refractivity contribution in [3.63, 3.8) is 0 Å². The maximum Gasteiger partial charge on any atom is 0.338 e. The van der Waals surface area contributed by atoms with Crippen LogP contribution < -0.4 is 10.0 Å². The summed E-state index contributed by atoms with van der Waals surface area (Å²) in [7, 11) is -3.93. The number of carbonyl (C=O) groups excluding carboxylic acids is 2. The van der Waals surface area contributed by atoms with Gasteiger partial charge < -0.3 is 14.5 Å². The first-order chi connectivity index (χ1) is 15.2. The number of ether oxygens (including phenoxy) is 1. The van der Waals surface area contributed by atoms with Crippen molar-refractivity contribution >= 4 is 27.6 Å². The molecule has 0 aliphatic carbocycles. The van der Waals surface area contributed by atoms with Gasteiger partial charge in [-0.15, -0.1) is 0 Å². The molecule has 0 spiro atoms. The highest BCUT2D eigenvalue weighted by Gasteiger charge is 2.21. The maximum atomic E-state index is 12.8. The summed E-state index contributed by atoms with van der Waals surface area (Å²) >= 11 is 0. The molecule has 0 saturated carbocycles. The number of anilines is 1. The molecule has 8 nitrogen and oxygen atoms in total. The molecule has 1 heterocycles. The first-order valence-electron chi connectivity index (χ1n) is 9.87. The third-order valence-electron chi connectivity index (χ3n) is 4.68. The lowest BCUT2D eigenvalue weighted by atomic mass is 10.1. The number of carbonyl (C=O) groups is 2. The van der Waals surface area contributed by atoms with E-state index in [2.05, 4.69) is 10.0 Å². The molecule has 0 aliphatic rings. The highest BCUT2D eigenvalue weighted by Crippen LogP contribution is 2.21. The second kappa shape index (κ2) is 9.69. The van der Waals surface area contributed by atoms with Crippen LogP contribution in [-0.2, 0) is 26.1 Å². The predicted octanol–water partition coefficient (Wildman–Crippen LogP) is 3.56. The van der Waals surface area contributed by atoms with Gasteiger partial charge in [0.15, 0.2) is 6.10 Å². The zero-order chi connectivity index (χ0) is 23.3. The number of amides is 1. The van der Waals surface area contributed by atoms with Crippen LogP contribution in [0.3, 0.4) is 0 Å². The summed E-state index contributed by atoms with van der Waals surface area (Å²) in [6, 6.07) is 14.2. The molecule has 0 bridgehead atoms. The van der Waals surface area contributed by atoms with Gasteiger partial charge in [-0.25, -0.2) is 13.2 Å². The number of hydrogen-bond donors (Lipinski definition) is 2. The number of nitrogens with one attached hydrogen (secondary N) is 2. The Balaban J connectivity index is 1.67. The average molecular weight is 457 g/mol. The fourth-order valence-electron chi connectivity index (χ4n) is 2.94. The monoisotopic (exact) mass is 456 g/mol. The molecule has 32 heavy (non-hydrogen) atoms. The van der Waals surface area contributed by atoms with Crippen LogP contribution in [0.5, 0.6) is 0 Å². The van der Waals surface area contributed by atoms with E-state index in [0.29, 0.717) is 11.4 Å². The minimum atomic E-state index is -3.93. The molecule has 0 saturated heterocycles. The largest absolute Gasteiger partial charge is 0.467 e. The van der Waals surface area contributed by atoms with Crippen molar-refractivity contribution in [2.24, 2.45) is 0 Å². The summed E-state index contributed by atoms with van der Waals surface area (Å²) in [5, 5.41) is 2.60. The molecule has 0 fully saturated rings. The van der Waals surface area contributed by atoms with Crippen LogP contribution in [0.1, 0.15) is 34.2 Å². The van der Waals surface area contributed by atoms with Crippen LogP contribution >= 0.6 is 0 Å². The van der Waals surface area contributed by atoms with Crippen LogP contribution in [0.4, 0.5) is 5.69 Å². The van der Waals surface area contributed by atoms with Gasteiger partial charge in [-0.1, -0.05) is 23.8 Å². The molecule has 1 amide bonds. The molecule has 3 rings (SSSR count). The number of esters is 1. The lowest BCUT2D eigenvalue weighted by Crippen LogP contribution is -2.35. The van der Waals surface area contributed by atoms with E-state index in [1.54, 1.807) is 31.2 Å². The first kappa shape index (κ1) is 23.1. The van der Waals surface area contributed by atoms with Crippen molar-refractivity contribution < 1.29 is 27.2 Å². The highest BCUT2D eigenvalue weighted by molar-refractivity contribution is 7.92. The smallest absolute Gasteiger partial charge is 0.338 e. The number of sulfonamides is 1. The predicted molar refractivity (Wildman–Crippen MR) is 119 cm³/mol. The average Bonchev–Trinajstić information content (AvgIpc) is 3.27. The normalized spacial score (nSPS) is 12.1. The maximum absolute atomic E-state index is 12.8. The van der Waals surface area contributed by atoms with Crippen molar-refractivity contribution in [2.75, 3.05) is 4.72 Å². The van der Waals surface area contributed by atoms with Gasteiger partial charge in [-0.3, -0.25) is 9.52 Å². The van der Waals surface area contributed by atoms with Crippen LogP contribution in [0.2, 0.25) is 0 Å². The minimum absolute atomic E-state index is 0.0131. The van der Waals surface area contributed by atoms with E-state index in [1.165, 1.54) is 37.5 Å². The molecule has 1 aromatic heterocycles. The highest BCUT2D eigenvalue weighted by atomic mass is 32.2. The number of rotatable bonds is 8. The fourth-order valence-corrected chi connectivity index (χ4v) is 4.11. The molecule has 2 aromatic carbocycles. The Morgan fingerprint density at radius 3 is 2.53 bits per heavy atom. The van der Waals surface area contributed by atoms with Crippen molar-refractivity contribution in [2.45, 2.75) is 38.3 Å². The third-order valence-corrected chi connectivity index (χ3v) is 6.04. The quantitative estimate of drug-likeness (QED) is 0.501. The molecular formula is C23H24N2O6S. The summed E-state index contributed by atoms with van der Waals surface area (Å²) in [5.41, 5.74) is 2.25. The van der Waals surface area contributed by atoms with Crippen LogP contribution in [-0.4, -0.2) is 26.4 Å². The molecule has 9 heteroatoms. The van der Waals surface area contributed by atoms with Gasteiger partial charge in [0.2, 0.25) is 0 Å². The van der Waals surface area contributed by atoms with E-state index in [0.717, 1.165) is 11.1 Å². The van der Waals surface area contributed by atoms with Crippen molar-refractivity contribution in [1.29, 1.82) is 0 Å². The Morgan fingerprint density at radius 1 is 1.06 bits per heavy atom. The Bertz CT molecular complexity index is 1220. The lowest BCUT2D eigenvalue weighted by molar-refractivity contribution is -0.129. The zero-order valence-electron chi connectivity index (χ0n) is 17.9. The second-order valence-corrected chi connectivity index (χ2v) is 8.98. The Kier molecular flexibility index (Phi) is 6.99. The van der Waals surface area contributed by atoms with E-state index >= 15 is 0 Å². The van der Waals surface area contributed by atoms with Gasteiger partial charge >= 0.3 is 5.97 Å². The lowest BCUT2D eigenvalue weighted by Gasteiger charge is -2.14. The molecular weight excluding hydrogens is 432 g/mol. The third kappa shape index (κ3) is 5.76. The number of aryl methyl sites for hydroxylation is 2. The van der Waals surface area contributed by atoms with E-state index in [1.807, 2.05) is 13.0 Å². The summed E-state index contributed by atoms with van der Waals surface area (Å²) in [4.78, 5) is 24.5. The Labute approximate surface area is 186 Å². The Morgan fingerprint density at radius 2 is 1.84 bits per heavy atom. The standard InChI is InChI=1S/C23H24N2O6S/c1-15-9-10-21(16(2)12-15)25-32(28,29)20-8-4-6-18(13-20)23(27)31-17(3)22(26)24-14-19-7-5-11-30-19/h4-13,17,25H,14H2,1-3H3,(H,24,26)/t17-/m0/s1.